The maximum Gasteiger partial charge on any atom is 0.372 e. The van der Waals surface area contributed by atoms with Crippen molar-refractivity contribution in [2.75, 3.05) is 7.18 Å². The van der Waals surface area contributed by atoms with Gasteiger partial charge in [-0.15, -0.1) is 0 Å². The molecule has 0 bridgehead atoms. The molecule has 4 heteroatoms. The van der Waals surface area contributed by atoms with E-state index in [0.29, 0.717) is 12.7 Å². The van der Waals surface area contributed by atoms with Crippen molar-refractivity contribution in [1.82, 2.24) is 0 Å². The van der Waals surface area contributed by atoms with E-state index in [-0.39, 0.29) is 0 Å². The molecule has 0 aliphatic heterocycles. The van der Waals surface area contributed by atoms with Gasteiger partial charge in [-0.05, 0) is 12.1 Å². The minimum absolute atomic E-state index is 0.338. The fraction of sp³-hybridized carbons (Fsp3) is 0.125. The molecule has 0 atom stereocenters. The first kappa shape index (κ1) is 10.6. The van der Waals surface area contributed by atoms with Crippen LogP contribution in [0.5, 0.6) is 0 Å². The molecule has 0 spiro atoms. The number of alkyl halides is 1. The number of hydrogen-bond acceptors (Lipinski definition) is 3. The lowest BCUT2D eigenvalue weighted by atomic mass is 10.2. The molecular formula is C8H9FO3. The van der Waals surface area contributed by atoms with Gasteiger partial charge in [0, 0.05) is 0 Å². The second kappa shape index (κ2) is 6.30. The highest BCUT2D eigenvalue weighted by molar-refractivity contribution is 5.88. The Bertz CT molecular complexity index is 223. The Hall–Kier alpha value is -1.42. The zero-order chi connectivity index (χ0) is 9.40. The molecule has 1 aromatic carbocycles. The zero-order valence-corrected chi connectivity index (χ0v) is 6.53. The van der Waals surface area contributed by atoms with Crippen molar-refractivity contribution in [3.05, 3.63) is 35.9 Å². The molecule has 0 aliphatic rings. The normalized spacial score (nSPS) is 7.92. The Balaban J connectivity index is 0.000000561. The quantitative estimate of drug-likeness (QED) is 0.519. The average molecular weight is 172 g/mol. The summed E-state index contributed by atoms with van der Waals surface area (Å²) >= 11 is 0. The fourth-order valence-corrected chi connectivity index (χ4v) is 0.627. The lowest BCUT2D eigenvalue weighted by Gasteiger charge is -1.92. The van der Waals surface area contributed by atoms with Crippen molar-refractivity contribution in [3.8, 4) is 0 Å². The highest BCUT2D eigenvalue weighted by Gasteiger charge is 2.02. The molecular weight excluding hydrogens is 163 g/mol. The average Bonchev–Trinajstić information content (AvgIpc) is 2.21. The molecule has 0 heterocycles. The Morgan fingerprint density at radius 1 is 1.33 bits per heavy atom. The molecule has 0 saturated carbocycles. The Morgan fingerprint density at radius 3 is 2.25 bits per heavy atom. The van der Waals surface area contributed by atoms with Gasteiger partial charge >= 0.3 is 5.97 Å². The molecule has 0 amide bonds. The number of carbonyl (C=O) groups is 1. The van der Waals surface area contributed by atoms with Crippen molar-refractivity contribution in [2.24, 2.45) is 0 Å². The van der Waals surface area contributed by atoms with Crippen LogP contribution in [0.3, 0.4) is 0 Å². The summed E-state index contributed by atoms with van der Waals surface area (Å²) < 4.78 is 9.50. The number of benzene rings is 1. The smallest absolute Gasteiger partial charge is 0.296 e. The Labute approximate surface area is 69.3 Å². The number of hydrogen-bond donors (Lipinski definition) is 1. The van der Waals surface area contributed by atoms with Gasteiger partial charge in [0.25, 0.3) is 0 Å². The van der Waals surface area contributed by atoms with Gasteiger partial charge in [0.15, 0.2) is 0 Å². The van der Waals surface area contributed by atoms with Gasteiger partial charge in [-0.1, -0.05) is 18.2 Å². The lowest BCUT2D eigenvalue weighted by molar-refractivity contribution is -0.182. The van der Waals surface area contributed by atoms with Crippen LogP contribution in [0.25, 0.3) is 0 Å². The minimum atomic E-state index is -0.736. The van der Waals surface area contributed by atoms with Gasteiger partial charge in [-0.25, -0.2) is 4.79 Å². The highest BCUT2D eigenvalue weighted by Crippen LogP contribution is 1.98. The third kappa shape index (κ3) is 3.12. The van der Waals surface area contributed by atoms with Crippen LogP contribution < -0.4 is 0 Å². The molecule has 1 rings (SSSR count). The van der Waals surface area contributed by atoms with Gasteiger partial charge in [0.2, 0.25) is 0 Å². The molecule has 0 aromatic heterocycles. The van der Waals surface area contributed by atoms with E-state index in [0.717, 1.165) is 0 Å². The van der Waals surface area contributed by atoms with Crippen LogP contribution in [-0.2, 0) is 4.89 Å². The summed E-state index contributed by atoms with van der Waals surface area (Å²) in [6, 6.07) is 8.25. The van der Waals surface area contributed by atoms with E-state index in [4.69, 9.17) is 5.26 Å². The summed E-state index contributed by atoms with van der Waals surface area (Å²) in [7, 11) is 0.500. The molecule has 1 N–H and O–H groups in total. The maximum absolute atomic E-state index is 10.5. The standard InChI is InChI=1S/C7H6O3.CH3F/c8-7(10-9)6-4-2-1-3-5-6;1-2/h1-5,9H;1H3. The van der Waals surface area contributed by atoms with E-state index >= 15 is 0 Å². The highest BCUT2D eigenvalue weighted by atomic mass is 19.1. The van der Waals surface area contributed by atoms with E-state index in [9.17, 15) is 9.18 Å². The molecule has 12 heavy (non-hydrogen) atoms. The van der Waals surface area contributed by atoms with Crippen LogP contribution in [0.4, 0.5) is 4.39 Å². The summed E-state index contributed by atoms with van der Waals surface area (Å²) in [5.41, 5.74) is 0.338. The van der Waals surface area contributed by atoms with Crippen LogP contribution >= 0.6 is 0 Å². The van der Waals surface area contributed by atoms with E-state index in [2.05, 4.69) is 4.89 Å². The second-order valence-corrected chi connectivity index (χ2v) is 1.74. The predicted octanol–water partition coefficient (Wildman–Crippen LogP) is 1.90. The molecule has 3 nitrogen and oxygen atoms in total. The Kier molecular flexibility index (Phi) is 5.55. The van der Waals surface area contributed by atoms with E-state index < -0.39 is 5.97 Å². The number of halogens is 1. The molecule has 0 saturated heterocycles. The van der Waals surface area contributed by atoms with Crippen LogP contribution in [0, 0.1) is 0 Å². The third-order valence-corrected chi connectivity index (χ3v) is 1.09. The van der Waals surface area contributed by atoms with Crippen LogP contribution in [0.15, 0.2) is 30.3 Å². The van der Waals surface area contributed by atoms with E-state index in [1.807, 2.05) is 0 Å². The molecule has 0 fully saturated rings. The monoisotopic (exact) mass is 172 g/mol. The summed E-state index contributed by atoms with van der Waals surface area (Å²) in [4.78, 5) is 14.0. The molecule has 0 unspecified atom stereocenters. The number of rotatable bonds is 1. The summed E-state index contributed by atoms with van der Waals surface area (Å²) in [5, 5.41) is 7.94. The first-order valence-corrected chi connectivity index (χ1v) is 3.13. The van der Waals surface area contributed by atoms with Crippen LogP contribution in [-0.4, -0.2) is 18.4 Å². The maximum atomic E-state index is 10.5. The van der Waals surface area contributed by atoms with Crippen molar-refractivity contribution in [2.45, 2.75) is 0 Å². The number of carbonyl (C=O) groups excluding carboxylic acids is 1. The Morgan fingerprint density at radius 2 is 1.83 bits per heavy atom. The van der Waals surface area contributed by atoms with Crippen LogP contribution in [0.1, 0.15) is 10.4 Å². The zero-order valence-electron chi connectivity index (χ0n) is 6.53. The summed E-state index contributed by atoms with van der Waals surface area (Å²) in [6.45, 7) is 0. The second-order valence-electron chi connectivity index (χ2n) is 1.74. The third-order valence-electron chi connectivity index (χ3n) is 1.09. The fourth-order valence-electron chi connectivity index (χ4n) is 0.627. The van der Waals surface area contributed by atoms with Crippen molar-refractivity contribution < 1.29 is 19.3 Å². The largest absolute Gasteiger partial charge is 0.372 e. The topological polar surface area (TPSA) is 46.5 Å². The van der Waals surface area contributed by atoms with Crippen molar-refractivity contribution >= 4 is 5.97 Å². The minimum Gasteiger partial charge on any atom is -0.296 e. The van der Waals surface area contributed by atoms with Gasteiger partial charge in [0.05, 0.1) is 12.7 Å². The molecule has 0 radical (unpaired) electrons. The summed E-state index contributed by atoms with van der Waals surface area (Å²) in [6.07, 6.45) is 0. The molecule has 1 aromatic rings. The molecule has 66 valence electrons. The van der Waals surface area contributed by atoms with Gasteiger partial charge < -0.3 is 0 Å². The van der Waals surface area contributed by atoms with E-state index in [1.54, 1.807) is 30.3 Å². The van der Waals surface area contributed by atoms with Crippen molar-refractivity contribution in [1.29, 1.82) is 0 Å². The first-order valence-electron chi connectivity index (χ1n) is 3.13. The lowest BCUT2D eigenvalue weighted by Crippen LogP contribution is -2.00. The predicted molar refractivity (Wildman–Crippen MR) is 41.5 cm³/mol. The van der Waals surface area contributed by atoms with Gasteiger partial charge in [-0.3, -0.25) is 9.28 Å². The van der Waals surface area contributed by atoms with Gasteiger partial charge in [-0.2, -0.15) is 5.26 Å². The first-order chi connectivity index (χ1) is 5.84. The van der Waals surface area contributed by atoms with Gasteiger partial charge in [0.1, 0.15) is 0 Å². The van der Waals surface area contributed by atoms with Crippen molar-refractivity contribution in [3.63, 3.8) is 0 Å². The van der Waals surface area contributed by atoms with E-state index in [1.165, 1.54) is 0 Å². The van der Waals surface area contributed by atoms with Crippen LogP contribution in [0.2, 0.25) is 0 Å². The molecule has 0 aliphatic carbocycles. The SMILES string of the molecule is CF.O=C(OO)c1ccccc1. The summed E-state index contributed by atoms with van der Waals surface area (Å²) in [5.74, 6) is -0.736.